The minimum Gasteiger partial charge on any atom is -0.475 e. The molecule has 1 aromatic rings. The van der Waals surface area contributed by atoms with E-state index in [1.165, 1.54) is 0 Å². The summed E-state index contributed by atoms with van der Waals surface area (Å²) in [5, 5.41) is 14.2. The normalized spacial score (nSPS) is 23.8. The quantitative estimate of drug-likeness (QED) is 0.504. The third-order valence-corrected chi connectivity index (χ3v) is 6.25. The van der Waals surface area contributed by atoms with Crippen LogP contribution in [0.1, 0.15) is 12.8 Å². The number of halogens is 6. The summed E-state index contributed by atoms with van der Waals surface area (Å²) < 4.78 is 69.6. The zero-order chi connectivity index (χ0) is 29.4. The molecular weight excluding hydrogens is 544 g/mol. The van der Waals surface area contributed by atoms with Crippen molar-refractivity contribution in [1.82, 2.24) is 19.8 Å². The average Bonchev–Trinajstić information content (AvgIpc) is 2.88. The molecule has 0 saturated carbocycles. The van der Waals surface area contributed by atoms with Gasteiger partial charge >= 0.3 is 24.3 Å². The van der Waals surface area contributed by atoms with Crippen LogP contribution in [0.3, 0.4) is 0 Å². The summed E-state index contributed by atoms with van der Waals surface area (Å²) in [5.74, 6) is -4.07. The van der Waals surface area contributed by atoms with Crippen molar-refractivity contribution in [3.8, 4) is 0 Å². The van der Waals surface area contributed by atoms with Crippen LogP contribution in [-0.2, 0) is 19.1 Å². The number of likely N-dealkylation sites (N-methyl/N-ethyl adjacent to an activating group) is 1. The van der Waals surface area contributed by atoms with Crippen molar-refractivity contribution in [2.45, 2.75) is 31.3 Å². The Hall–Kier alpha value is -3.21. The number of hydrogen-bond donors (Lipinski definition) is 2. The number of piperidine rings is 1. The fourth-order valence-corrected chi connectivity index (χ4v) is 4.22. The number of aliphatic carboxylic acids is 2. The first-order valence-corrected chi connectivity index (χ1v) is 11.8. The van der Waals surface area contributed by atoms with Gasteiger partial charge in [-0.2, -0.15) is 26.3 Å². The number of aromatic nitrogens is 2. The molecule has 4 heterocycles. The molecule has 3 aliphatic rings. The van der Waals surface area contributed by atoms with E-state index in [0.29, 0.717) is 12.5 Å². The molecule has 220 valence electrons. The molecule has 17 heteroatoms. The van der Waals surface area contributed by atoms with Crippen molar-refractivity contribution in [2.24, 2.45) is 11.8 Å². The Morgan fingerprint density at radius 3 is 1.92 bits per heavy atom. The van der Waals surface area contributed by atoms with Gasteiger partial charge < -0.3 is 29.6 Å². The summed E-state index contributed by atoms with van der Waals surface area (Å²) in [4.78, 5) is 45.9. The van der Waals surface area contributed by atoms with Crippen LogP contribution < -0.4 is 4.90 Å². The molecule has 3 atom stereocenters. The van der Waals surface area contributed by atoms with Gasteiger partial charge in [-0.25, -0.2) is 19.6 Å². The Morgan fingerprint density at radius 2 is 1.44 bits per heavy atom. The number of piperazine rings is 1. The molecule has 0 aromatic carbocycles. The van der Waals surface area contributed by atoms with Crippen LogP contribution in [-0.4, -0.2) is 119 Å². The minimum absolute atomic E-state index is 0.00120. The van der Waals surface area contributed by atoms with Crippen LogP contribution in [0, 0.1) is 11.8 Å². The van der Waals surface area contributed by atoms with Crippen molar-refractivity contribution < 1.29 is 55.7 Å². The van der Waals surface area contributed by atoms with Crippen molar-refractivity contribution >= 4 is 23.8 Å². The molecule has 2 N–H and O–H groups in total. The van der Waals surface area contributed by atoms with E-state index < -0.39 is 24.3 Å². The Balaban J connectivity index is 0.000000317. The van der Waals surface area contributed by atoms with Gasteiger partial charge in [-0.3, -0.25) is 4.79 Å². The standard InChI is InChI=1S/C18H27N5O2.2C2HF3O2/c1-21-7-9-22(10-8-21)17(24)15-11-14-12-23(6-3-16(14)25-13-15)18-19-4-2-5-20-18;2*3-2(4,5)1(6)7/h2,4-5,14-16H,3,6-13H2,1H3;2*(H,6,7)/t14-,15-,16+;;/m1../s1. The highest BCUT2D eigenvalue weighted by atomic mass is 19.4. The summed E-state index contributed by atoms with van der Waals surface area (Å²) in [7, 11) is 2.11. The van der Waals surface area contributed by atoms with E-state index in [1.54, 1.807) is 12.4 Å². The summed E-state index contributed by atoms with van der Waals surface area (Å²) in [6.45, 7) is 5.97. The number of hydrogen-bond acceptors (Lipinski definition) is 8. The maximum absolute atomic E-state index is 12.9. The third kappa shape index (κ3) is 10.1. The molecule has 0 aliphatic carbocycles. The molecule has 1 aromatic heterocycles. The first-order chi connectivity index (χ1) is 18.1. The molecule has 0 radical (unpaired) electrons. The van der Waals surface area contributed by atoms with Crippen molar-refractivity contribution in [1.29, 1.82) is 0 Å². The number of carboxylic acids is 2. The third-order valence-electron chi connectivity index (χ3n) is 6.25. The summed E-state index contributed by atoms with van der Waals surface area (Å²) >= 11 is 0. The van der Waals surface area contributed by atoms with E-state index in [0.717, 1.165) is 58.1 Å². The van der Waals surface area contributed by atoms with E-state index in [9.17, 15) is 31.1 Å². The molecule has 0 bridgehead atoms. The summed E-state index contributed by atoms with van der Waals surface area (Å²) in [5.41, 5.74) is 0. The number of rotatable bonds is 2. The fraction of sp³-hybridized carbons (Fsp3) is 0.682. The highest BCUT2D eigenvalue weighted by Crippen LogP contribution is 2.33. The molecule has 3 aliphatic heterocycles. The lowest BCUT2D eigenvalue weighted by atomic mass is 9.83. The van der Waals surface area contributed by atoms with Crippen LogP contribution in [0.5, 0.6) is 0 Å². The second-order valence-corrected chi connectivity index (χ2v) is 9.08. The summed E-state index contributed by atoms with van der Waals surface area (Å²) in [6.07, 6.45) is -4.43. The van der Waals surface area contributed by atoms with Crippen LogP contribution in [0.15, 0.2) is 18.5 Å². The van der Waals surface area contributed by atoms with Gasteiger partial charge in [0.1, 0.15) is 0 Å². The molecule has 0 spiro atoms. The molecular formula is C22H29F6N5O6. The van der Waals surface area contributed by atoms with Gasteiger partial charge in [-0.15, -0.1) is 0 Å². The van der Waals surface area contributed by atoms with Crippen molar-refractivity contribution in [2.75, 3.05) is 57.8 Å². The lowest BCUT2D eigenvalue weighted by molar-refractivity contribution is -0.193. The fourth-order valence-electron chi connectivity index (χ4n) is 4.22. The largest absolute Gasteiger partial charge is 0.490 e. The molecule has 4 rings (SSSR count). The predicted molar refractivity (Wildman–Crippen MR) is 122 cm³/mol. The van der Waals surface area contributed by atoms with E-state index in [4.69, 9.17) is 24.5 Å². The lowest BCUT2D eigenvalue weighted by Crippen LogP contribution is -2.54. The van der Waals surface area contributed by atoms with Gasteiger partial charge in [0, 0.05) is 57.6 Å². The molecule has 0 unspecified atom stereocenters. The minimum atomic E-state index is -5.08. The second kappa shape index (κ2) is 13.7. The first-order valence-electron chi connectivity index (χ1n) is 11.8. The van der Waals surface area contributed by atoms with Gasteiger partial charge in [0.15, 0.2) is 0 Å². The Morgan fingerprint density at radius 1 is 0.923 bits per heavy atom. The Bertz CT molecular complexity index is 935. The van der Waals surface area contributed by atoms with Gasteiger partial charge in [0.25, 0.3) is 0 Å². The lowest BCUT2D eigenvalue weighted by Gasteiger charge is -2.44. The van der Waals surface area contributed by atoms with Gasteiger partial charge in [0.2, 0.25) is 11.9 Å². The number of ether oxygens (including phenoxy) is 1. The van der Waals surface area contributed by atoms with Crippen LogP contribution in [0.25, 0.3) is 0 Å². The number of carboxylic acid groups (broad SMARTS) is 2. The first kappa shape index (κ1) is 32.0. The number of nitrogens with zero attached hydrogens (tertiary/aromatic N) is 5. The van der Waals surface area contributed by atoms with Crippen LogP contribution in [0.2, 0.25) is 0 Å². The second-order valence-electron chi connectivity index (χ2n) is 9.08. The number of fused-ring (bicyclic) bond motifs is 1. The number of carbonyl (C=O) groups is 3. The topological polar surface area (TPSA) is 136 Å². The molecule has 39 heavy (non-hydrogen) atoms. The van der Waals surface area contributed by atoms with E-state index in [2.05, 4.69) is 26.8 Å². The predicted octanol–water partition coefficient (Wildman–Crippen LogP) is 1.75. The monoisotopic (exact) mass is 573 g/mol. The van der Waals surface area contributed by atoms with Gasteiger partial charge in [0.05, 0.1) is 18.6 Å². The maximum Gasteiger partial charge on any atom is 0.490 e. The van der Waals surface area contributed by atoms with E-state index in [1.807, 2.05) is 11.0 Å². The van der Waals surface area contributed by atoms with Gasteiger partial charge in [-0.05, 0) is 26.0 Å². The number of amides is 1. The summed E-state index contributed by atoms with van der Waals surface area (Å²) in [6, 6.07) is 1.84. The molecule has 11 nitrogen and oxygen atoms in total. The molecule has 3 saturated heterocycles. The van der Waals surface area contributed by atoms with E-state index >= 15 is 0 Å². The maximum atomic E-state index is 12.9. The smallest absolute Gasteiger partial charge is 0.475 e. The zero-order valence-electron chi connectivity index (χ0n) is 20.9. The Labute approximate surface area is 219 Å². The number of alkyl halides is 6. The zero-order valence-corrected chi connectivity index (χ0v) is 20.9. The molecule has 1 amide bonds. The van der Waals surface area contributed by atoms with Crippen molar-refractivity contribution in [3.05, 3.63) is 18.5 Å². The highest BCUT2D eigenvalue weighted by molar-refractivity contribution is 5.79. The number of carbonyl (C=O) groups excluding carboxylic acids is 1. The SMILES string of the molecule is CN1CCN(C(=O)[C@H]2CO[C@H]3CCN(c4ncccn4)C[C@H]3C2)CC1.O=C(O)C(F)(F)F.O=C(O)C(F)(F)F. The number of anilines is 1. The van der Waals surface area contributed by atoms with Crippen LogP contribution >= 0.6 is 0 Å². The van der Waals surface area contributed by atoms with Gasteiger partial charge in [-0.1, -0.05) is 0 Å². The van der Waals surface area contributed by atoms with Crippen molar-refractivity contribution in [3.63, 3.8) is 0 Å². The highest BCUT2D eigenvalue weighted by Gasteiger charge is 2.41. The van der Waals surface area contributed by atoms with E-state index in [-0.39, 0.29) is 17.9 Å². The van der Waals surface area contributed by atoms with Crippen LogP contribution in [0.4, 0.5) is 32.3 Å². The average molecular weight is 573 g/mol. The molecule has 3 fully saturated rings. The Kier molecular flexibility index (Phi) is 11.3.